The average molecular weight is 534 g/mol. The van der Waals surface area contributed by atoms with Gasteiger partial charge in [0.15, 0.2) is 5.75 Å². The molecule has 1 saturated heterocycles. The number of hydrogen-bond donors (Lipinski definition) is 3. The second-order valence-corrected chi connectivity index (χ2v) is 8.98. The molecule has 14 heteroatoms. The summed E-state index contributed by atoms with van der Waals surface area (Å²) in [5.41, 5.74) is -0.926. The molecule has 3 aromatic rings. The van der Waals surface area contributed by atoms with Gasteiger partial charge in [-0.15, -0.1) is 0 Å². The number of nitrogens with one attached hydrogen (secondary N) is 2. The Balaban J connectivity index is 1.68. The van der Waals surface area contributed by atoms with E-state index in [2.05, 4.69) is 20.6 Å². The number of fused-ring (bicyclic) bond motifs is 1. The third-order valence-electron chi connectivity index (χ3n) is 6.14. The fourth-order valence-electron chi connectivity index (χ4n) is 4.25. The van der Waals surface area contributed by atoms with Crippen LogP contribution in [0.2, 0.25) is 0 Å². The Labute approximate surface area is 214 Å². The third kappa shape index (κ3) is 5.63. The zero-order valence-electron chi connectivity index (χ0n) is 20.7. The number of amides is 2. The van der Waals surface area contributed by atoms with E-state index in [-0.39, 0.29) is 41.6 Å². The van der Waals surface area contributed by atoms with Crippen molar-refractivity contribution in [1.82, 2.24) is 19.4 Å². The number of carbonyl (C=O) groups is 2. The smallest absolute Gasteiger partial charge is 0.416 e. The minimum atomic E-state index is -4.63. The van der Waals surface area contributed by atoms with Gasteiger partial charge in [0.1, 0.15) is 23.9 Å². The predicted octanol–water partition coefficient (Wildman–Crippen LogP) is 3.61. The number of aromatic nitrogens is 3. The number of benzene rings is 1. The molecule has 0 radical (unpaired) electrons. The summed E-state index contributed by atoms with van der Waals surface area (Å²) in [5.74, 6) is -0.311. The molecule has 2 aromatic heterocycles. The first-order valence-corrected chi connectivity index (χ1v) is 11.6. The summed E-state index contributed by atoms with van der Waals surface area (Å²) in [4.78, 5) is 45.1. The summed E-state index contributed by atoms with van der Waals surface area (Å²) in [6, 6.07) is 3.99. The maximum Gasteiger partial charge on any atom is 0.416 e. The minimum absolute atomic E-state index is 0.00595. The largest absolute Gasteiger partial charge is 0.483 e. The molecule has 1 aromatic carbocycles. The van der Waals surface area contributed by atoms with Gasteiger partial charge in [0, 0.05) is 38.7 Å². The highest BCUT2D eigenvalue weighted by Crippen LogP contribution is 2.34. The lowest BCUT2D eigenvalue weighted by Crippen LogP contribution is -2.31. The highest BCUT2D eigenvalue weighted by atomic mass is 19.4. The Morgan fingerprint density at radius 2 is 1.95 bits per heavy atom. The SMILES string of the molecule is CC(=O)Nc1cc([C@@H](C)Nc2ncnc3c2cc(O[C@@H]2CCN(C(=O)O)C2)c(=O)n3C)cc(C(F)(F)F)c1. The standard InChI is InChI=1S/C24H25F3N6O5/c1-12(14-6-15(24(25,26)27)8-16(7-14)31-13(2)34)30-20-18-9-19(22(35)32(3)21(18)29-11-28-20)38-17-4-5-33(10-17)23(36)37/h6-9,11-12,17H,4-5,10H2,1-3H3,(H,31,34)(H,36,37)(H,28,29,30)/t12-,17-/m1/s1. The maximum absolute atomic E-state index is 13.5. The Kier molecular flexibility index (Phi) is 7.16. The molecule has 3 heterocycles. The van der Waals surface area contributed by atoms with Crippen molar-refractivity contribution in [2.75, 3.05) is 23.7 Å². The molecule has 3 N–H and O–H groups in total. The summed E-state index contributed by atoms with van der Waals surface area (Å²) in [5, 5.41) is 15.0. The number of nitrogens with zero attached hydrogens (tertiary/aromatic N) is 4. The first-order valence-electron chi connectivity index (χ1n) is 11.6. The van der Waals surface area contributed by atoms with Gasteiger partial charge in [-0.1, -0.05) is 0 Å². The zero-order valence-corrected chi connectivity index (χ0v) is 20.7. The summed E-state index contributed by atoms with van der Waals surface area (Å²) in [7, 11) is 1.49. The van der Waals surface area contributed by atoms with Crippen LogP contribution in [-0.2, 0) is 18.0 Å². The van der Waals surface area contributed by atoms with Gasteiger partial charge in [0.05, 0.1) is 23.5 Å². The second-order valence-electron chi connectivity index (χ2n) is 8.98. The number of pyridine rings is 1. The van der Waals surface area contributed by atoms with E-state index in [1.807, 2.05) is 0 Å². The lowest BCUT2D eigenvalue weighted by atomic mass is 10.0. The first kappa shape index (κ1) is 26.7. The van der Waals surface area contributed by atoms with Crippen molar-refractivity contribution in [1.29, 1.82) is 0 Å². The number of ether oxygens (including phenoxy) is 1. The number of carbonyl (C=O) groups excluding carboxylic acids is 1. The van der Waals surface area contributed by atoms with E-state index < -0.39 is 41.4 Å². The minimum Gasteiger partial charge on any atom is -0.483 e. The quantitative estimate of drug-likeness (QED) is 0.436. The summed E-state index contributed by atoms with van der Waals surface area (Å²) < 4.78 is 47.6. The molecule has 2 atom stereocenters. The van der Waals surface area contributed by atoms with Gasteiger partial charge in [0.25, 0.3) is 5.56 Å². The van der Waals surface area contributed by atoms with Crippen LogP contribution in [0.3, 0.4) is 0 Å². The second kappa shape index (κ2) is 10.2. The van der Waals surface area contributed by atoms with Crippen molar-refractivity contribution in [3.8, 4) is 5.75 Å². The van der Waals surface area contributed by atoms with Crippen LogP contribution < -0.4 is 20.9 Å². The van der Waals surface area contributed by atoms with E-state index in [1.54, 1.807) is 6.92 Å². The Bertz CT molecular complexity index is 1460. The van der Waals surface area contributed by atoms with Crippen molar-refractivity contribution < 1.29 is 32.6 Å². The van der Waals surface area contributed by atoms with Gasteiger partial charge in [0.2, 0.25) is 5.91 Å². The van der Waals surface area contributed by atoms with Crippen LogP contribution in [-0.4, -0.2) is 55.7 Å². The van der Waals surface area contributed by atoms with Crippen molar-refractivity contribution in [2.24, 2.45) is 7.05 Å². The fourth-order valence-corrected chi connectivity index (χ4v) is 4.25. The number of likely N-dealkylation sites (tertiary alicyclic amines) is 1. The Morgan fingerprint density at radius 1 is 1.21 bits per heavy atom. The number of anilines is 2. The van der Waals surface area contributed by atoms with E-state index in [9.17, 15) is 27.6 Å². The first-order chi connectivity index (χ1) is 17.8. The monoisotopic (exact) mass is 534 g/mol. The number of rotatable bonds is 6. The van der Waals surface area contributed by atoms with Gasteiger partial charge in [-0.05, 0) is 30.7 Å². The summed E-state index contributed by atoms with van der Waals surface area (Å²) in [6.45, 7) is 3.21. The highest BCUT2D eigenvalue weighted by Gasteiger charge is 2.32. The molecule has 0 unspecified atom stereocenters. The van der Waals surface area contributed by atoms with Crippen molar-refractivity contribution >= 4 is 34.5 Å². The molecule has 202 valence electrons. The Hall–Kier alpha value is -4.36. The van der Waals surface area contributed by atoms with Gasteiger partial charge >= 0.3 is 12.3 Å². The van der Waals surface area contributed by atoms with Gasteiger partial charge in [-0.25, -0.2) is 14.8 Å². The lowest BCUT2D eigenvalue weighted by Gasteiger charge is -2.20. The van der Waals surface area contributed by atoms with E-state index in [0.29, 0.717) is 11.8 Å². The van der Waals surface area contributed by atoms with Crippen LogP contribution in [0.25, 0.3) is 11.0 Å². The molecule has 0 bridgehead atoms. The van der Waals surface area contributed by atoms with Gasteiger partial charge in [-0.2, -0.15) is 13.2 Å². The number of halogens is 3. The topological polar surface area (TPSA) is 139 Å². The number of carboxylic acid groups (broad SMARTS) is 1. The van der Waals surface area contributed by atoms with Crippen LogP contribution in [0.15, 0.2) is 35.4 Å². The van der Waals surface area contributed by atoms with Crippen LogP contribution >= 0.6 is 0 Å². The molecule has 0 aliphatic carbocycles. The lowest BCUT2D eigenvalue weighted by molar-refractivity contribution is -0.137. The van der Waals surface area contributed by atoms with E-state index >= 15 is 0 Å². The molecule has 4 rings (SSSR count). The maximum atomic E-state index is 13.5. The molecule has 0 saturated carbocycles. The van der Waals surface area contributed by atoms with Crippen LogP contribution in [0.1, 0.15) is 37.4 Å². The normalized spacial score (nSPS) is 16.4. The fraction of sp³-hybridized carbons (Fsp3) is 0.375. The van der Waals surface area contributed by atoms with Gasteiger partial charge in [-0.3, -0.25) is 14.2 Å². The molecule has 1 fully saturated rings. The van der Waals surface area contributed by atoms with Crippen LogP contribution in [0.4, 0.5) is 29.5 Å². The summed E-state index contributed by atoms with van der Waals surface area (Å²) >= 11 is 0. The average Bonchev–Trinajstić information content (AvgIpc) is 3.30. The molecule has 0 spiro atoms. The molecule has 38 heavy (non-hydrogen) atoms. The summed E-state index contributed by atoms with van der Waals surface area (Å²) in [6.07, 6.45) is -4.60. The van der Waals surface area contributed by atoms with Crippen molar-refractivity contribution in [3.63, 3.8) is 0 Å². The molecule has 2 amide bonds. The molecule has 1 aliphatic rings. The van der Waals surface area contributed by atoms with Gasteiger partial charge < -0.3 is 25.4 Å². The number of aryl methyl sites for hydroxylation is 1. The molecular formula is C24H25F3N6O5. The van der Waals surface area contributed by atoms with Crippen molar-refractivity contribution in [2.45, 2.75) is 38.6 Å². The zero-order chi connectivity index (χ0) is 27.8. The van der Waals surface area contributed by atoms with Crippen molar-refractivity contribution in [3.05, 3.63) is 52.1 Å². The highest BCUT2D eigenvalue weighted by molar-refractivity contribution is 5.89. The Morgan fingerprint density at radius 3 is 2.58 bits per heavy atom. The van der Waals surface area contributed by atoms with Crippen LogP contribution in [0, 0.1) is 0 Å². The van der Waals surface area contributed by atoms with Crippen LogP contribution in [0.5, 0.6) is 5.75 Å². The van der Waals surface area contributed by atoms with E-state index in [1.165, 1.54) is 41.9 Å². The number of alkyl halides is 3. The van der Waals surface area contributed by atoms with E-state index in [0.717, 1.165) is 12.1 Å². The molecule has 1 aliphatic heterocycles. The molecule has 11 nitrogen and oxygen atoms in total. The number of hydrogen-bond acceptors (Lipinski definition) is 7. The third-order valence-corrected chi connectivity index (χ3v) is 6.14. The van der Waals surface area contributed by atoms with E-state index in [4.69, 9.17) is 9.84 Å². The molecular weight excluding hydrogens is 509 g/mol. The predicted molar refractivity (Wildman–Crippen MR) is 131 cm³/mol.